The van der Waals surface area contributed by atoms with Crippen LogP contribution >= 0.6 is 0 Å². The van der Waals surface area contributed by atoms with Crippen molar-refractivity contribution >= 4 is 21.7 Å². The molecule has 0 bridgehead atoms. The van der Waals surface area contributed by atoms with Crippen molar-refractivity contribution in [2.75, 3.05) is 10.0 Å². The van der Waals surface area contributed by atoms with Crippen molar-refractivity contribution in [3.63, 3.8) is 0 Å². The van der Waals surface area contributed by atoms with Gasteiger partial charge < -0.3 is 9.84 Å². The van der Waals surface area contributed by atoms with Gasteiger partial charge in [0.25, 0.3) is 10.0 Å². The van der Waals surface area contributed by atoms with Gasteiger partial charge in [-0.15, -0.1) is 10.2 Å². The molecule has 1 aromatic carbocycles. The zero-order valence-corrected chi connectivity index (χ0v) is 14.8. The van der Waals surface area contributed by atoms with Crippen molar-refractivity contribution in [1.82, 2.24) is 15.4 Å². The van der Waals surface area contributed by atoms with Crippen LogP contribution in [0.1, 0.15) is 17.0 Å². The van der Waals surface area contributed by atoms with Crippen LogP contribution in [0.4, 0.5) is 16.0 Å². The molecule has 136 valence electrons. The lowest BCUT2D eigenvalue weighted by molar-refractivity contribution is 0.390. The molecule has 2 heterocycles. The van der Waals surface area contributed by atoms with Gasteiger partial charge in [-0.3, -0.25) is 4.72 Å². The molecule has 0 aliphatic heterocycles. The number of halogens is 1. The van der Waals surface area contributed by atoms with Crippen molar-refractivity contribution < 1.29 is 17.3 Å². The van der Waals surface area contributed by atoms with E-state index in [1.165, 1.54) is 26.0 Å². The van der Waals surface area contributed by atoms with Crippen LogP contribution in [-0.2, 0) is 16.6 Å². The Kier molecular flexibility index (Phi) is 4.85. The van der Waals surface area contributed by atoms with Crippen LogP contribution in [-0.4, -0.2) is 23.8 Å². The summed E-state index contributed by atoms with van der Waals surface area (Å²) >= 11 is 0. The monoisotopic (exact) mass is 377 g/mol. The lowest BCUT2D eigenvalue weighted by Gasteiger charge is -2.08. The highest BCUT2D eigenvalue weighted by atomic mass is 32.2. The molecule has 0 saturated carbocycles. The third-order valence-corrected chi connectivity index (χ3v) is 5.16. The fourth-order valence-corrected chi connectivity index (χ4v) is 3.68. The number of benzene rings is 1. The molecule has 0 saturated heterocycles. The molecule has 26 heavy (non-hydrogen) atoms. The molecule has 0 spiro atoms. The van der Waals surface area contributed by atoms with Crippen molar-refractivity contribution in [3.8, 4) is 0 Å². The van der Waals surface area contributed by atoms with Crippen LogP contribution in [0, 0.1) is 19.7 Å². The van der Waals surface area contributed by atoms with Crippen LogP contribution in [0.2, 0.25) is 0 Å². The average Bonchev–Trinajstić information content (AvgIpc) is 2.94. The smallest absolute Gasteiger partial charge is 0.268 e. The second-order valence-electron chi connectivity index (χ2n) is 5.51. The van der Waals surface area contributed by atoms with Gasteiger partial charge in [-0.1, -0.05) is 23.4 Å². The second-order valence-corrected chi connectivity index (χ2v) is 7.13. The molecule has 0 fully saturated rings. The van der Waals surface area contributed by atoms with E-state index in [1.54, 1.807) is 24.3 Å². The fourth-order valence-electron chi connectivity index (χ4n) is 2.36. The number of anilines is 2. The third-order valence-electron chi connectivity index (χ3n) is 3.56. The summed E-state index contributed by atoms with van der Waals surface area (Å²) < 4.78 is 45.6. The molecular formula is C16H16FN5O3S. The summed E-state index contributed by atoms with van der Waals surface area (Å²) in [6.07, 6.45) is 0. The first-order chi connectivity index (χ1) is 12.4. The van der Waals surface area contributed by atoms with Gasteiger partial charge in [0, 0.05) is 12.1 Å². The number of aromatic nitrogens is 3. The zero-order valence-electron chi connectivity index (χ0n) is 14.0. The Labute approximate surface area is 149 Å². The Bertz CT molecular complexity index is 999. The maximum Gasteiger partial charge on any atom is 0.268 e. The molecule has 3 rings (SSSR count). The number of sulfonamides is 1. The van der Waals surface area contributed by atoms with E-state index in [0.29, 0.717) is 11.4 Å². The molecule has 0 atom stereocenters. The molecule has 0 aliphatic rings. The maximum atomic E-state index is 13.6. The number of aryl methyl sites for hydroxylation is 2. The van der Waals surface area contributed by atoms with Crippen LogP contribution < -0.4 is 10.0 Å². The molecule has 0 amide bonds. The largest absolute Gasteiger partial charge is 0.364 e. The molecule has 0 radical (unpaired) electrons. The van der Waals surface area contributed by atoms with Gasteiger partial charge in [-0.2, -0.15) is 0 Å². The minimum Gasteiger partial charge on any atom is -0.364 e. The number of nitrogens with one attached hydrogen (secondary N) is 2. The number of hydrogen-bond donors (Lipinski definition) is 2. The molecule has 2 N–H and O–H groups in total. The molecule has 0 unspecified atom stereocenters. The standard InChI is InChI=1S/C16H16FN5O3S/c1-10-16(11(2)25-21-10)26(23,24)22-15-8-7-14(19-20-15)18-9-12-5-3-4-6-13(12)17/h3-8H,9H2,1-2H3,(H,18,19)(H,20,22). The van der Waals surface area contributed by atoms with E-state index in [4.69, 9.17) is 4.52 Å². The van der Waals surface area contributed by atoms with Crippen molar-refractivity contribution in [2.45, 2.75) is 25.3 Å². The van der Waals surface area contributed by atoms with Gasteiger partial charge in [0.2, 0.25) is 0 Å². The highest BCUT2D eigenvalue weighted by Gasteiger charge is 2.24. The Balaban J connectivity index is 1.69. The molecule has 8 nitrogen and oxygen atoms in total. The van der Waals surface area contributed by atoms with E-state index >= 15 is 0 Å². The van der Waals surface area contributed by atoms with Crippen molar-refractivity contribution in [1.29, 1.82) is 0 Å². The summed E-state index contributed by atoms with van der Waals surface area (Å²) in [6.45, 7) is 3.27. The first-order valence-electron chi connectivity index (χ1n) is 7.63. The lowest BCUT2D eigenvalue weighted by atomic mass is 10.2. The van der Waals surface area contributed by atoms with Gasteiger partial charge in [-0.05, 0) is 32.0 Å². The topological polar surface area (TPSA) is 110 Å². The summed E-state index contributed by atoms with van der Waals surface area (Å²) in [4.78, 5) is -0.0268. The van der Waals surface area contributed by atoms with Gasteiger partial charge in [0.15, 0.2) is 16.5 Å². The normalized spacial score (nSPS) is 11.3. The molecule has 10 heteroatoms. The van der Waals surface area contributed by atoms with Crippen LogP contribution in [0.5, 0.6) is 0 Å². The van der Waals surface area contributed by atoms with E-state index in [1.807, 2.05) is 0 Å². The van der Waals surface area contributed by atoms with Gasteiger partial charge in [0.1, 0.15) is 17.3 Å². The van der Waals surface area contributed by atoms with E-state index in [2.05, 4.69) is 25.4 Å². The molecule has 3 aromatic rings. The molecule has 2 aromatic heterocycles. The van der Waals surface area contributed by atoms with E-state index < -0.39 is 10.0 Å². The Hall–Kier alpha value is -3.01. The Morgan fingerprint density at radius 3 is 2.38 bits per heavy atom. The van der Waals surface area contributed by atoms with Crippen LogP contribution in [0.25, 0.3) is 0 Å². The van der Waals surface area contributed by atoms with Crippen LogP contribution in [0.3, 0.4) is 0 Å². The fraction of sp³-hybridized carbons (Fsp3) is 0.188. The Morgan fingerprint density at radius 2 is 1.77 bits per heavy atom. The Morgan fingerprint density at radius 1 is 1.08 bits per heavy atom. The summed E-state index contributed by atoms with van der Waals surface area (Å²) in [6, 6.07) is 9.36. The predicted octanol–water partition coefficient (Wildman–Crippen LogP) is 2.63. The van der Waals surface area contributed by atoms with E-state index in [9.17, 15) is 12.8 Å². The van der Waals surface area contributed by atoms with Gasteiger partial charge in [-0.25, -0.2) is 12.8 Å². The number of nitrogens with zero attached hydrogens (tertiary/aromatic N) is 3. The van der Waals surface area contributed by atoms with Gasteiger partial charge >= 0.3 is 0 Å². The highest BCUT2D eigenvalue weighted by molar-refractivity contribution is 7.92. The second kappa shape index (κ2) is 7.08. The SMILES string of the molecule is Cc1noc(C)c1S(=O)(=O)Nc1ccc(NCc2ccccc2F)nn1. The first kappa shape index (κ1) is 17.8. The highest BCUT2D eigenvalue weighted by Crippen LogP contribution is 2.21. The van der Waals surface area contributed by atoms with Gasteiger partial charge in [0.05, 0.1) is 0 Å². The first-order valence-corrected chi connectivity index (χ1v) is 9.12. The zero-order chi connectivity index (χ0) is 18.7. The lowest BCUT2D eigenvalue weighted by Crippen LogP contribution is -2.16. The average molecular weight is 377 g/mol. The minimum atomic E-state index is -3.88. The third kappa shape index (κ3) is 3.80. The number of rotatable bonds is 6. The predicted molar refractivity (Wildman–Crippen MR) is 92.5 cm³/mol. The minimum absolute atomic E-state index is 0.0268. The number of hydrogen-bond acceptors (Lipinski definition) is 7. The summed E-state index contributed by atoms with van der Waals surface area (Å²) in [7, 11) is -3.88. The maximum absolute atomic E-state index is 13.6. The van der Waals surface area contributed by atoms with Crippen molar-refractivity contribution in [2.24, 2.45) is 0 Å². The molecular weight excluding hydrogens is 361 g/mol. The summed E-state index contributed by atoms with van der Waals surface area (Å²) in [5, 5.41) is 14.3. The molecule has 0 aliphatic carbocycles. The summed E-state index contributed by atoms with van der Waals surface area (Å²) in [5.41, 5.74) is 0.739. The summed E-state index contributed by atoms with van der Waals surface area (Å²) in [5.74, 6) is 0.290. The van der Waals surface area contributed by atoms with E-state index in [0.717, 1.165) is 0 Å². The van der Waals surface area contributed by atoms with E-state index in [-0.39, 0.29) is 34.5 Å². The van der Waals surface area contributed by atoms with Crippen LogP contribution in [0.15, 0.2) is 45.8 Å². The van der Waals surface area contributed by atoms with Crippen molar-refractivity contribution in [3.05, 3.63) is 59.2 Å². The quantitative estimate of drug-likeness (QED) is 0.679.